The van der Waals surface area contributed by atoms with Crippen molar-refractivity contribution in [1.82, 2.24) is 0 Å². The van der Waals surface area contributed by atoms with Crippen molar-refractivity contribution in [3.63, 3.8) is 0 Å². The molecule has 1 heterocycles. The summed E-state index contributed by atoms with van der Waals surface area (Å²) in [5, 5.41) is 0. The van der Waals surface area contributed by atoms with E-state index in [-0.39, 0.29) is 13.0 Å². The summed E-state index contributed by atoms with van der Waals surface area (Å²) >= 11 is 0. The first-order valence-electron chi connectivity index (χ1n) is 6.71. The number of hydrogen-bond donors (Lipinski definition) is 0. The van der Waals surface area contributed by atoms with Crippen LogP contribution in [0, 0.1) is 12.8 Å². The van der Waals surface area contributed by atoms with Gasteiger partial charge in [-0.05, 0) is 36.5 Å². The third-order valence-corrected chi connectivity index (χ3v) is 3.89. The summed E-state index contributed by atoms with van der Waals surface area (Å²) in [5.74, 6) is -0.796. The van der Waals surface area contributed by atoms with Crippen LogP contribution in [-0.4, -0.2) is 19.3 Å². The van der Waals surface area contributed by atoms with Crippen molar-refractivity contribution in [2.45, 2.75) is 39.3 Å². The minimum atomic E-state index is -4.07. The van der Waals surface area contributed by atoms with E-state index in [1.54, 1.807) is 0 Å². The largest absolute Gasteiger partial charge is 0.393 e. The van der Waals surface area contributed by atoms with Crippen LogP contribution in [-0.2, 0) is 0 Å². The van der Waals surface area contributed by atoms with Crippen molar-refractivity contribution in [3.8, 4) is 0 Å². The van der Waals surface area contributed by atoms with Crippen molar-refractivity contribution in [3.05, 3.63) is 29.3 Å². The SMILES string of the molecule is Cc1ccc(C(C)C)cc1N1CCC(C(F)(F)F)C1. The lowest BCUT2D eigenvalue weighted by atomic mass is 10.00. The number of halogens is 3. The fourth-order valence-electron chi connectivity index (χ4n) is 2.57. The van der Waals surface area contributed by atoms with Crippen LogP contribution in [0.25, 0.3) is 0 Å². The van der Waals surface area contributed by atoms with Crippen molar-refractivity contribution >= 4 is 5.69 Å². The zero-order valence-electron chi connectivity index (χ0n) is 11.6. The maximum Gasteiger partial charge on any atom is 0.393 e. The second-order valence-corrected chi connectivity index (χ2v) is 5.67. The molecule has 1 unspecified atom stereocenters. The summed E-state index contributed by atoms with van der Waals surface area (Å²) in [4.78, 5) is 1.87. The Labute approximate surface area is 112 Å². The van der Waals surface area contributed by atoms with Crippen molar-refractivity contribution in [2.24, 2.45) is 5.92 Å². The van der Waals surface area contributed by atoms with Gasteiger partial charge >= 0.3 is 6.18 Å². The molecule has 1 aliphatic heterocycles. The number of anilines is 1. The topological polar surface area (TPSA) is 3.24 Å². The highest BCUT2D eigenvalue weighted by Crippen LogP contribution is 2.37. The highest BCUT2D eigenvalue weighted by atomic mass is 19.4. The molecular weight excluding hydrogens is 251 g/mol. The van der Waals surface area contributed by atoms with Gasteiger partial charge in [0.1, 0.15) is 0 Å². The molecule has 1 fully saturated rings. The van der Waals surface area contributed by atoms with Crippen molar-refractivity contribution < 1.29 is 13.2 Å². The summed E-state index contributed by atoms with van der Waals surface area (Å²) < 4.78 is 38.2. The van der Waals surface area contributed by atoms with E-state index in [1.807, 2.05) is 24.0 Å². The Kier molecular flexibility index (Phi) is 3.79. The van der Waals surface area contributed by atoms with Gasteiger partial charge in [0.25, 0.3) is 0 Å². The zero-order chi connectivity index (χ0) is 14.2. The first-order valence-corrected chi connectivity index (χ1v) is 6.71. The fourth-order valence-corrected chi connectivity index (χ4v) is 2.57. The van der Waals surface area contributed by atoms with Crippen LogP contribution in [0.4, 0.5) is 18.9 Å². The number of nitrogens with zero attached hydrogens (tertiary/aromatic N) is 1. The molecule has 0 amide bonds. The zero-order valence-corrected chi connectivity index (χ0v) is 11.6. The number of hydrogen-bond acceptors (Lipinski definition) is 1. The molecule has 1 nitrogen and oxygen atoms in total. The van der Waals surface area contributed by atoms with Gasteiger partial charge in [-0.3, -0.25) is 0 Å². The quantitative estimate of drug-likeness (QED) is 0.765. The molecule has 1 saturated heterocycles. The van der Waals surface area contributed by atoms with Gasteiger partial charge < -0.3 is 4.90 Å². The van der Waals surface area contributed by atoms with Gasteiger partial charge in [-0.15, -0.1) is 0 Å². The molecule has 2 rings (SSSR count). The standard InChI is InChI=1S/C15H20F3N/c1-10(2)12-5-4-11(3)14(8-12)19-7-6-13(9-19)15(16,17)18/h4-5,8,10,13H,6-7,9H2,1-3H3. The minimum absolute atomic E-state index is 0.0892. The van der Waals surface area contributed by atoms with E-state index in [0.717, 1.165) is 11.3 Å². The third-order valence-electron chi connectivity index (χ3n) is 3.89. The van der Waals surface area contributed by atoms with Crippen LogP contribution >= 0.6 is 0 Å². The van der Waals surface area contributed by atoms with Gasteiger partial charge in [-0.1, -0.05) is 26.0 Å². The summed E-state index contributed by atoms with van der Waals surface area (Å²) in [5.41, 5.74) is 3.18. The molecule has 0 aliphatic carbocycles. The van der Waals surface area contributed by atoms with E-state index in [9.17, 15) is 13.2 Å². The molecule has 0 aromatic heterocycles. The predicted molar refractivity (Wildman–Crippen MR) is 71.6 cm³/mol. The van der Waals surface area contributed by atoms with Crippen molar-refractivity contribution in [2.75, 3.05) is 18.0 Å². The predicted octanol–water partition coefficient (Wildman–Crippen LogP) is 4.51. The minimum Gasteiger partial charge on any atom is -0.371 e. The van der Waals surface area contributed by atoms with Crippen LogP contribution in [0.1, 0.15) is 37.3 Å². The highest BCUT2D eigenvalue weighted by molar-refractivity contribution is 5.56. The summed E-state index contributed by atoms with van der Waals surface area (Å²) in [6.07, 6.45) is -3.87. The smallest absolute Gasteiger partial charge is 0.371 e. The van der Waals surface area contributed by atoms with Crippen LogP contribution in [0.5, 0.6) is 0 Å². The molecule has 0 bridgehead atoms. The molecule has 0 N–H and O–H groups in total. The third kappa shape index (κ3) is 3.04. The molecule has 0 radical (unpaired) electrons. The van der Waals surface area contributed by atoms with E-state index >= 15 is 0 Å². The number of alkyl halides is 3. The number of benzene rings is 1. The molecule has 19 heavy (non-hydrogen) atoms. The Bertz CT molecular complexity index is 451. The normalized spacial score (nSPS) is 20.4. The molecule has 0 saturated carbocycles. The van der Waals surface area contributed by atoms with Gasteiger partial charge in [0.2, 0.25) is 0 Å². The Morgan fingerprint density at radius 3 is 2.47 bits per heavy atom. The fraction of sp³-hybridized carbons (Fsp3) is 0.600. The van der Waals surface area contributed by atoms with Crippen LogP contribution in [0.2, 0.25) is 0 Å². The second kappa shape index (κ2) is 5.06. The van der Waals surface area contributed by atoms with Gasteiger partial charge in [0.15, 0.2) is 0 Å². The lowest BCUT2D eigenvalue weighted by molar-refractivity contribution is -0.168. The van der Waals surface area contributed by atoms with Crippen LogP contribution in [0.15, 0.2) is 18.2 Å². The van der Waals surface area contributed by atoms with E-state index in [2.05, 4.69) is 19.9 Å². The first kappa shape index (κ1) is 14.2. The number of rotatable bonds is 2. The molecule has 1 aromatic rings. The lowest BCUT2D eigenvalue weighted by Gasteiger charge is -2.23. The maximum atomic E-state index is 12.7. The Hall–Kier alpha value is -1.19. The molecule has 1 atom stereocenters. The average Bonchev–Trinajstić information content (AvgIpc) is 2.78. The summed E-state index contributed by atoms with van der Waals surface area (Å²) in [6.45, 7) is 6.73. The summed E-state index contributed by atoms with van der Waals surface area (Å²) in [6, 6.07) is 6.10. The Balaban J connectivity index is 2.21. The van der Waals surface area contributed by atoms with Gasteiger partial charge in [0.05, 0.1) is 5.92 Å². The number of aryl methyl sites for hydroxylation is 1. The monoisotopic (exact) mass is 271 g/mol. The van der Waals surface area contributed by atoms with Gasteiger partial charge in [0, 0.05) is 18.8 Å². The Morgan fingerprint density at radius 2 is 1.95 bits per heavy atom. The Morgan fingerprint density at radius 1 is 1.26 bits per heavy atom. The van der Waals surface area contributed by atoms with E-state index in [0.29, 0.717) is 12.5 Å². The van der Waals surface area contributed by atoms with Crippen LogP contribution in [0.3, 0.4) is 0 Å². The molecule has 106 valence electrons. The molecular formula is C15H20F3N. The average molecular weight is 271 g/mol. The molecule has 4 heteroatoms. The van der Waals surface area contributed by atoms with E-state index in [1.165, 1.54) is 5.56 Å². The first-order chi connectivity index (χ1) is 8.79. The van der Waals surface area contributed by atoms with E-state index in [4.69, 9.17) is 0 Å². The second-order valence-electron chi connectivity index (χ2n) is 5.67. The summed E-state index contributed by atoms with van der Waals surface area (Å²) in [7, 11) is 0. The maximum absolute atomic E-state index is 12.7. The molecule has 0 spiro atoms. The lowest BCUT2D eigenvalue weighted by Crippen LogP contribution is -2.27. The van der Waals surface area contributed by atoms with Crippen LogP contribution < -0.4 is 4.90 Å². The highest BCUT2D eigenvalue weighted by Gasteiger charge is 2.43. The van der Waals surface area contributed by atoms with Gasteiger partial charge in [-0.2, -0.15) is 13.2 Å². The van der Waals surface area contributed by atoms with Crippen molar-refractivity contribution in [1.29, 1.82) is 0 Å². The van der Waals surface area contributed by atoms with Gasteiger partial charge in [-0.25, -0.2) is 0 Å². The van der Waals surface area contributed by atoms with E-state index < -0.39 is 12.1 Å². The molecule has 1 aliphatic rings. The molecule has 1 aromatic carbocycles.